The molecule has 2 aliphatic heterocycles. The minimum Gasteiger partial charge on any atom is -0.396 e. The standard InChI is InChI=1S/C12H20N4O/c1-15-6-3-5-10(15)12-14-13-11-9(8-17)4-2-7-16(11)12/h9-10,17H,2-8H2,1H3. The molecular weight excluding hydrogens is 216 g/mol. The van der Waals surface area contributed by atoms with Crippen LogP contribution in [0.3, 0.4) is 0 Å². The molecule has 0 spiro atoms. The van der Waals surface area contributed by atoms with Gasteiger partial charge in [0.25, 0.3) is 0 Å². The molecule has 1 aromatic rings. The average molecular weight is 236 g/mol. The molecule has 0 radical (unpaired) electrons. The zero-order valence-corrected chi connectivity index (χ0v) is 10.3. The number of fused-ring (bicyclic) bond motifs is 1. The molecule has 5 heteroatoms. The van der Waals surface area contributed by atoms with Crippen LogP contribution in [0.5, 0.6) is 0 Å². The van der Waals surface area contributed by atoms with E-state index in [1.165, 1.54) is 12.8 Å². The van der Waals surface area contributed by atoms with E-state index in [-0.39, 0.29) is 12.5 Å². The van der Waals surface area contributed by atoms with Crippen molar-refractivity contribution >= 4 is 0 Å². The first-order chi connectivity index (χ1) is 8.31. The lowest BCUT2D eigenvalue weighted by Crippen LogP contribution is -2.25. The van der Waals surface area contributed by atoms with E-state index in [4.69, 9.17) is 0 Å². The van der Waals surface area contributed by atoms with Gasteiger partial charge in [0, 0.05) is 12.5 Å². The Hall–Kier alpha value is -0.940. The van der Waals surface area contributed by atoms with Gasteiger partial charge in [-0.1, -0.05) is 0 Å². The van der Waals surface area contributed by atoms with Crippen LogP contribution in [0.15, 0.2) is 0 Å². The minimum absolute atomic E-state index is 0.191. The first kappa shape index (κ1) is 11.2. The lowest BCUT2D eigenvalue weighted by atomic mass is 9.99. The molecule has 3 heterocycles. The molecule has 5 nitrogen and oxygen atoms in total. The van der Waals surface area contributed by atoms with E-state index >= 15 is 0 Å². The normalized spacial score (nSPS) is 29.5. The maximum atomic E-state index is 9.37. The predicted molar refractivity (Wildman–Crippen MR) is 63.7 cm³/mol. The van der Waals surface area contributed by atoms with E-state index < -0.39 is 0 Å². The molecule has 0 bridgehead atoms. The van der Waals surface area contributed by atoms with Crippen molar-refractivity contribution in [2.24, 2.45) is 0 Å². The van der Waals surface area contributed by atoms with E-state index in [9.17, 15) is 5.11 Å². The van der Waals surface area contributed by atoms with Crippen molar-refractivity contribution in [3.63, 3.8) is 0 Å². The third-order valence-electron chi connectivity index (χ3n) is 4.15. The van der Waals surface area contributed by atoms with Crippen molar-refractivity contribution in [3.8, 4) is 0 Å². The van der Waals surface area contributed by atoms with Crippen LogP contribution in [0.4, 0.5) is 0 Å². The van der Waals surface area contributed by atoms with Crippen LogP contribution in [-0.4, -0.2) is 45.0 Å². The van der Waals surface area contributed by atoms with Crippen molar-refractivity contribution in [1.82, 2.24) is 19.7 Å². The molecule has 0 saturated carbocycles. The Bertz CT molecular complexity index is 403. The first-order valence-electron chi connectivity index (χ1n) is 6.55. The van der Waals surface area contributed by atoms with Crippen LogP contribution >= 0.6 is 0 Å². The molecule has 1 N–H and O–H groups in total. The van der Waals surface area contributed by atoms with Crippen molar-refractivity contribution < 1.29 is 5.11 Å². The number of likely N-dealkylation sites (tertiary alicyclic amines) is 1. The second-order valence-corrected chi connectivity index (χ2v) is 5.23. The third kappa shape index (κ3) is 1.77. The summed E-state index contributed by atoms with van der Waals surface area (Å²) in [6, 6.07) is 0.425. The maximum absolute atomic E-state index is 9.37. The van der Waals surface area contributed by atoms with Gasteiger partial charge in [-0.15, -0.1) is 10.2 Å². The van der Waals surface area contributed by atoms with Gasteiger partial charge in [0.05, 0.1) is 12.6 Å². The van der Waals surface area contributed by atoms with Gasteiger partial charge in [0.1, 0.15) is 11.6 Å². The average Bonchev–Trinajstić information content (AvgIpc) is 2.94. The molecule has 0 aliphatic carbocycles. The van der Waals surface area contributed by atoms with Gasteiger partial charge >= 0.3 is 0 Å². The van der Waals surface area contributed by atoms with Crippen LogP contribution in [0.25, 0.3) is 0 Å². The highest BCUT2D eigenvalue weighted by atomic mass is 16.3. The van der Waals surface area contributed by atoms with E-state index in [0.717, 1.165) is 37.6 Å². The van der Waals surface area contributed by atoms with Gasteiger partial charge in [0.15, 0.2) is 0 Å². The molecule has 0 amide bonds. The largest absolute Gasteiger partial charge is 0.396 e. The summed E-state index contributed by atoms with van der Waals surface area (Å²) in [7, 11) is 2.16. The van der Waals surface area contributed by atoms with Gasteiger partial charge < -0.3 is 9.67 Å². The molecule has 1 fully saturated rings. The number of rotatable bonds is 2. The van der Waals surface area contributed by atoms with Gasteiger partial charge in [-0.05, 0) is 39.3 Å². The Morgan fingerprint density at radius 1 is 1.18 bits per heavy atom. The lowest BCUT2D eigenvalue weighted by Gasteiger charge is -2.25. The van der Waals surface area contributed by atoms with Crippen molar-refractivity contribution in [2.45, 2.75) is 44.2 Å². The van der Waals surface area contributed by atoms with Crippen molar-refractivity contribution in [3.05, 3.63) is 11.6 Å². The maximum Gasteiger partial charge on any atom is 0.150 e. The Morgan fingerprint density at radius 2 is 1.94 bits per heavy atom. The number of aliphatic hydroxyl groups is 1. The highest BCUT2D eigenvalue weighted by molar-refractivity contribution is 5.09. The van der Waals surface area contributed by atoms with Gasteiger partial charge in [0.2, 0.25) is 0 Å². The SMILES string of the molecule is CN1CCCC1c1nnc2n1CCCC2CO. The topological polar surface area (TPSA) is 54.2 Å². The Morgan fingerprint density at radius 3 is 2.65 bits per heavy atom. The molecule has 3 rings (SSSR count). The fraction of sp³-hybridized carbons (Fsp3) is 0.833. The number of hydrogen-bond donors (Lipinski definition) is 1. The summed E-state index contributed by atoms with van der Waals surface area (Å²) in [4.78, 5) is 2.36. The summed E-state index contributed by atoms with van der Waals surface area (Å²) >= 11 is 0. The van der Waals surface area contributed by atoms with E-state index in [1.807, 2.05) is 0 Å². The van der Waals surface area contributed by atoms with E-state index in [0.29, 0.717) is 6.04 Å². The number of hydrogen-bond acceptors (Lipinski definition) is 4. The van der Waals surface area contributed by atoms with Crippen LogP contribution in [0.2, 0.25) is 0 Å². The van der Waals surface area contributed by atoms with Crippen molar-refractivity contribution in [1.29, 1.82) is 0 Å². The Balaban J connectivity index is 1.94. The van der Waals surface area contributed by atoms with E-state index in [1.54, 1.807) is 0 Å². The molecule has 2 atom stereocenters. The highest BCUT2D eigenvalue weighted by Gasteiger charge is 2.31. The molecular formula is C12H20N4O. The van der Waals surface area contributed by atoms with Crippen LogP contribution < -0.4 is 0 Å². The summed E-state index contributed by atoms with van der Waals surface area (Å²) in [5.41, 5.74) is 0. The second-order valence-electron chi connectivity index (χ2n) is 5.23. The Labute approximate surface area is 101 Å². The second kappa shape index (κ2) is 4.38. The molecule has 1 aromatic heterocycles. The number of nitrogens with zero attached hydrogens (tertiary/aromatic N) is 4. The quantitative estimate of drug-likeness (QED) is 0.829. The number of aromatic nitrogens is 3. The summed E-state index contributed by atoms with van der Waals surface area (Å²) in [5.74, 6) is 2.30. The highest BCUT2D eigenvalue weighted by Crippen LogP contribution is 2.33. The van der Waals surface area contributed by atoms with Crippen LogP contribution in [0.1, 0.15) is 49.3 Å². The van der Waals surface area contributed by atoms with Gasteiger partial charge in [-0.3, -0.25) is 4.90 Å². The summed E-state index contributed by atoms with van der Waals surface area (Å²) in [5, 5.41) is 18.1. The molecule has 0 aromatic carbocycles. The minimum atomic E-state index is 0.191. The zero-order chi connectivity index (χ0) is 11.8. The molecule has 1 saturated heterocycles. The summed E-state index contributed by atoms with van der Waals surface area (Å²) in [6.45, 7) is 2.35. The molecule has 94 valence electrons. The van der Waals surface area contributed by atoms with Crippen LogP contribution in [0, 0.1) is 0 Å². The van der Waals surface area contributed by atoms with Gasteiger partial charge in [-0.2, -0.15) is 0 Å². The summed E-state index contributed by atoms with van der Waals surface area (Å²) < 4.78 is 2.25. The third-order valence-corrected chi connectivity index (χ3v) is 4.15. The van der Waals surface area contributed by atoms with E-state index in [2.05, 4.69) is 26.7 Å². The monoisotopic (exact) mass is 236 g/mol. The van der Waals surface area contributed by atoms with Gasteiger partial charge in [-0.25, -0.2) is 0 Å². The fourth-order valence-electron chi connectivity index (χ4n) is 3.14. The van der Waals surface area contributed by atoms with Crippen molar-refractivity contribution in [2.75, 3.05) is 20.2 Å². The molecule has 17 heavy (non-hydrogen) atoms. The summed E-state index contributed by atoms with van der Waals surface area (Å²) in [6.07, 6.45) is 4.58. The fourth-order valence-corrected chi connectivity index (χ4v) is 3.14. The molecule has 2 aliphatic rings. The first-order valence-corrected chi connectivity index (χ1v) is 6.55. The predicted octanol–water partition coefficient (Wildman–Crippen LogP) is 0.914. The number of aliphatic hydroxyl groups excluding tert-OH is 1. The Kier molecular flexibility index (Phi) is 2.88. The van der Waals surface area contributed by atoms with Crippen LogP contribution in [-0.2, 0) is 6.54 Å². The molecule has 2 unspecified atom stereocenters. The smallest absolute Gasteiger partial charge is 0.150 e. The lowest BCUT2D eigenvalue weighted by molar-refractivity contribution is 0.233. The zero-order valence-electron chi connectivity index (χ0n) is 10.3.